The van der Waals surface area contributed by atoms with Gasteiger partial charge in [0.25, 0.3) is 0 Å². The van der Waals surface area contributed by atoms with E-state index in [2.05, 4.69) is 53.5 Å². The van der Waals surface area contributed by atoms with E-state index in [4.69, 9.17) is 4.74 Å². The number of aromatic amines is 1. The molecule has 132 valence electrons. The lowest BCUT2D eigenvalue weighted by Crippen LogP contribution is -2.38. The van der Waals surface area contributed by atoms with Crippen molar-refractivity contribution in [1.82, 2.24) is 9.88 Å². The van der Waals surface area contributed by atoms with Crippen LogP contribution in [-0.2, 0) is 16.0 Å². The topological polar surface area (TPSA) is 45.3 Å². The maximum Gasteiger partial charge on any atom is 0.335 e. The van der Waals surface area contributed by atoms with Crippen molar-refractivity contribution >= 4 is 16.9 Å². The smallest absolute Gasteiger partial charge is 0.335 e. The van der Waals surface area contributed by atoms with E-state index < -0.39 is 0 Å². The molecule has 4 rings (SSSR count). The summed E-state index contributed by atoms with van der Waals surface area (Å²) < 4.78 is 5.05. The number of benzene rings is 1. The molecule has 0 radical (unpaired) electrons. The second-order valence-corrected chi connectivity index (χ2v) is 7.51. The Hall–Kier alpha value is -2.23. The molecule has 0 saturated heterocycles. The minimum Gasteiger partial charge on any atom is -0.466 e. The zero-order valence-electron chi connectivity index (χ0n) is 15.0. The van der Waals surface area contributed by atoms with Crippen LogP contribution in [0, 0.1) is 17.8 Å². The fourth-order valence-electron chi connectivity index (χ4n) is 4.66. The number of hydrogen-bond donors (Lipinski definition) is 1. The molecule has 2 aromatic rings. The van der Waals surface area contributed by atoms with Crippen molar-refractivity contribution in [3.05, 3.63) is 47.8 Å². The maximum absolute atomic E-state index is 12.2. The molecule has 1 aliphatic heterocycles. The molecule has 1 aromatic heterocycles. The molecule has 1 N–H and O–H groups in total. The van der Waals surface area contributed by atoms with Crippen LogP contribution >= 0.6 is 0 Å². The van der Waals surface area contributed by atoms with Gasteiger partial charge in [-0.2, -0.15) is 0 Å². The summed E-state index contributed by atoms with van der Waals surface area (Å²) in [6.45, 7) is 4.30. The summed E-state index contributed by atoms with van der Waals surface area (Å²) in [5, 5.41) is 1.30. The lowest BCUT2D eigenvalue weighted by molar-refractivity contribution is -0.137. The molecule has 1 saturated carbocycles. The molecule has 4 heteroatoms. The van der Waals surface area contributed by atoms with Gasteiger partial charge in [-0.15, -0.1) is 0 Å². The third kappa shape index (κ3) is 2.94. The molecule has 1 aliphatic carbocycles. The zero-order chi connectivity index (χ0) is 17.4. The average Bonchev–Trinajstić information content (AvgIpc) is 3.23. The van der Waals surface area contributed by atoms with Gasteiger partial charge in [0.15, 0.2) is 0 Å². The number of fused-ring (bicyclic) bond motifs is 2. The molecular formula is C21H26N2O2. The van der Waals surface area contributed by atoms with Crippen LogP contribution in [0.1, 0.15) is 25.3 Å². The minimum atomic E-state index is -0.152. The van der Waals surface area contributed by atoms with E-state index in [0.717, 1.165) is 31.5 Å². The summed E-state index contributed by atoms with van der Waals surface area (Å²) in [5.74, 6) is 1.48. The summed E-state index contributed by atoms with van der Waals surface area (Å²) in [6.07, 6.45) is 7.48. The second kappa shape index (κ2) is 6.58. The van der Waals surface area contributed by atoms with Crippen molar-refractivity contribution in [3.63, 3.8) is 0 Å². The van der Waals surface area contributed by atoms with Crippen LogP contribution in [0.3, 0.4) is 0 Å². The van der Waals surface area contributed by atoms with Crippen molar-refractivity contribution in [1.29, 1.82) is 0 Å². The van der Waals surface area contributed by atoms with Crippen molar-refractivity contribution < 1.29 is 9.53 Å². The number of rotatable bonds is 4. The van der Waals surface area contributed by atoms with E-state index in [1.54, 1.807) is 0 Å². The molecular weight excluding hydrogens is 312 g/mol. The number of nitrogens with one attached hydrogen (secondary N) is 1. The predicted molar refractivity (Wildman–Crippen MR) is 99.1 cm³/mol. The SMILES string of the molecule is COC(=O)C1=CN(CCc2c[nH]c3ccccc23)CC2[C@@H]1CC[C@@H]2C. The summed E-state index contributed by atoms with van der Waals surface area (Å²) in [5.41, 5.74) is 3.40. The Morgan fingerprint density at radius 2 is 2.16 bits per heavy atom. The van der Waals surface area contributed by atoms with E-state index in [-0.39, 0.29) is 5.97 Å². The van der Waals surface area contributed by atoms with Crippen molar-refractivity contribution in [2.24, 2.45) is 17.8 Å². The van der Waals surface area contributed by atoms with E-state index >= 15 is 0 Å². The normalized spacial score (nSPS) is 25.8. The highest BCUT2D eigenvalue weighted by molar-refractivity contribution is 5.89. The van der Waals surface area contributed by atoms with Crippen LogP contribution < -0.4 is 0 Å². The third-order valence-electron chi connectivity index (χ3n) is 6.11. The quantitative estimate of drug-likeness (QED) is 0.864. The largest absolute Gasteiger partial charge is 0.466 e. The van der Waals surface area contributed by atoms with Gasteiger partial charge in [-0.25, -0.2) is 4.79 Å². The van der Waals surface area contributed by atoms with Gasteiger partial charge in [-0.05, 0) is 48.6 Å². The highest BCUT2D eigenvalue weighted by Gasteiger charge is 2.41. The number of carbonyl (C=O) groups excluding carboxylic acids is 1. The van der Waals surface area contributed by atoms with E-state index in [1.807, 2.05) is 0 Å². The van der Waals surface area contributed by atoms with Gasteiger partial charge >= 0.3 is 5.97 Å². The number of carbonyl (C=O) groups is 1. The number of methoxy groups -OCH3 is 1. The summed E-state index contributed by atoms with van der Waals surface area (Å²) in [4.78, 5) is 17.9. The van der Waals surface area contributed by atoms with Crippen LogP contribution in [-0.4, -0.2) is 36.1 Å². The zero-order valence-corrected chi connectivity index (χ0v) is 15.0. The molecule has 4 nitrogen and oxygen atoms in total. The van der Waals surface area contributed by atoms with Gasteiger partial charge in [0.1, 0.15) is 0 Å². The lowest BCUT2D eigenvalue weighted by Gasteiger charge is -2.36. The number of esters is 1. The molecule has 25 heavy (non-hydrogen) atoms. The highest BCUT2D eigenvalue weighted by Crippen LogP contribution is 2.44. The van der Waals surface area contributed by atoms with E-state index in [0.29, 0.717) is 17.8 Å². The predicted octanol–water partition coefficient (Wildman–Crippen LogP) is 3.75. The van der Waals surface area contributed by atoms with Gasteiger partial charge in [-0.3, -0.25) is 0 Å². The fraction of sp³-hybridized carbons (Fsp3) is 0.476. The molecule has 3 atom stereocenters. The summed E-state index contributed by atoms with van der Waals surface area (Å²) in [7, 11) is 1.49. The van der Waals surface area contributed by atoms with Gasteiger partial charge in [-0.1, -0.05) is 25.1 Å². The lowest BCUT2D eigenvalue weighted by atomic mass is 9.82. The first-order valence-electron chi connectivity index (χ1n) is 9.26. The first-order valence-corrected chi connectivity index (χ1v) is 9.26. The number of para-hydroxylation sites is 1. The van der Waals surface area contributed by atoms with E-state index in [1.165, 1.54) is 30.0 Å². The Morgan fingerprint density at radius 3 is 3.00 bits per heavy atom. The molecule has 1 fully saturated rings. The average molecular weight is 338 g/mol. The van der Waals surface area contributed by atoms with Crippen molar-refractivity contribution in [3.8, 4) is 0 Å². The molecule has 1 aromatic carbocycles. The van der Waals surface area contributed by atoms with Gasteiger partial charge < -0.3 is 14.6 Å². The Bertz CT molecular complexity index is 807. The molecule has 2 heterocycles. The first-order chi connectivity index (χ1) is 12.2. The molecule has 2 aliphatic rings. The summed E-state index contributed by atoms with van der Waals surface area (Å²) >= 11 is 0. The minimum absolute atomic E-state index is 0.152. The second-order valence-electron chi connectivity index (χ2n) is 7.51. The highest BCUT2D eigenvalue weighted by atomic mass is 16.5. The molecule has 0 amide bonds. The number of ether oxygens (including phenoxy) is 1. The van der Waals surface area contributed by atoms with E-state index in [9.17, 15) is 4.79 Å². The van der Waals surface area contributed by atoms with Crippen LogP contribution in [0.2, 0.25) is 0 Å². The van der Waals surface area contributed by atoms with Crippen molar-refractivity contribution in [2.45, 2.75) is 26.2 Å². The van der Waals surface area contributed by atoms with Crippen molar-refractivity contribution in [2.75, 3.05) is 20.2 Å². The Morgan fingerprint density at radius 1 is 1.32 bits per heavy atom. The van der Waals surface area contributed by atoms with Gasteiger partial charge in [0.05, 0.1) is 12.7 Å². The van der Waals surface area contributed by atoms with Crippen LogP contribution in [0.5, 0.6) is 0 Å². The number of nitrogens with zero attached hydrogens (tertiary/aromatic N) is 1. The van der Waals surface area contributed by atoms with Crippen LogP contribution in [0.25, 0.3) is 10.9 Å². The third-order valence-corrected chi connectivity index (χ3v) is 6.11. The molecule has 1 unspecified atom stereocenters. The summed E-state index contributed by atoms with van der Waals surface area (Å²) in [6, 6.07) is 8.42. The standard InChI is InChI=1S/C21H26N2O2/c1-14-7-8-17-18(14)12-23(13-19(17)21(24)25-2)10-9-15-11-22-20-6-4-3-5-16(15)20/h3-6,11,13-14,17-18,22H,7-10,12H2,1-2H3/t14-,17-,18?/m0/s1. The van der Waals surface area contributed by atoms with Crippen LogP contribution in [0.15, 0.2) is 42.2 Å². The Labute approximate surface area is 148 Å². The number of H-pyrrole nitrogens is 1. The monoisotopic (exact) mass is 338 g/mol. The molecule has 0 bridgehead atoms. The fourth-order valence-corrected chi connectivity index (χ4v) is 4.66. The first kappa shape index (κ1) is 16.2. The van der Waals surface area contributed by atoms with Gasteiger partial charge in [0.2, 0.25) is 0 Å². The van der Waals surface area contributed by atoms with Gasteiger partial charge in [0, 0.05) is 36.4 Å². The Kier molecular flexibility index (Phi) is 4.28. The number of hydrogen-bond acceptors (Lipinski definition) is 3. The maximum atomic E-state index is 12.2. The number of aromatic nitrogens is 1. The molecule has 0 spiro atoms. The van der Waals surface area contributed by atoms with Crippen LogP contribution in [0.4, 0.5) is 0 Å². The Balaban J connectivity index is 1.53.